The molecule has 4 aliphatic carbocycles. The summed E-state index contributed by atoms with van der Waals surface area (Å²) in [6, 6.07) is 1.80. The van der Waals surface area contributed by atoms with Crippen LogP contribution in [0.3, 0.4) is 0 Å². The summed E-state index contributed by atoms with van der Waals surface area (Å²) in [4.78, 5) is 13.7. The summed E-state index contributed by atoms with van der Waals surface area (Å²) in [7, 11) is 0. The normalized spacial score (nSPS) is 46.4. The van der Waals surface area contributed by atoms with Gasteiger partial charge in [-0.2, -0.15) is 10.4 Å². The van der Waals surface area contributed by atoms with E-state index < -0.39 is 5.60 Å². The Kier molecular flexibility index (Phi) is 5.13. The molecule has 32 heavy (non-hydrogen) atoms. The monoisotopic (exact) mass is 437 g/mol. The molecule has 1 N–H and O–H groups in total. The number of fused-ring (bicyclic) bond motifs is 5. The standard InChI is InChI=1S/C27H39N3O2/c1-17(30-16-18(14-28)15-29-30)24(31)23-8-7-21-20-6-5-19-13-25(2,32)11-12-26(19,3)22(20)9-10-27(21,23)4/h15-17,19-23,32H,5-13H2,1-4H3/t17?,19-,20+,21+,22+,23-,25-,26+,27+/m1/s1. The zero-order valence-corrected chi connectivity index (χ0v) is 20.2. The molecular formula is C27H39N3O2. The molecule has 174 valence electrons. The summed E-state index contributed by atoms with van der Waals surface area (Å²) in [5.41, 5.74) is 0.460. The molecule has 0 bridgehead atoms. The second-order valence-electron chi connectivity index (χ2n) is 12.4. The van der Waals surface area contributed by atoms with Crippen LogP contribution in [0.2, 0.25) is 0 Å². The minimum atomic E-state index is -0.487. The molecule has 1 unspecified atom stereocenters. The first-order chi connectivity index (χ1) is 15.1. The van der Waals surface area contributed by atoms with Gasteiger partial charge >= 0.3 is 0 Å². The van der Waals surface area contributed by atoms with Crippen molar-refractivity contribution in [3.05, 3.63) is 18.0 Å². The average Bonchev–Trinajstić information content (AvgIpc) is 3.37. The van der Waals surface area contributed by atoms with Crippen molar-refractivity contribution < 1.29 is 9.90 Å². The van der Waals surface area contributed by atoms with Gasteiger partial charge in [0.2, 0.25) is 0 Å². The SMILES string of the molecule is CC(C(=O)[C@H]1CC[C@H]2[C@@H]3CC[C@@H]4C[C@](C)(O)CC[C@]4(C)[C@H]3CC[C@]12C)n1cc(C#N)cn1. The fourth-order valence-corrected chi connectivity index (χ4v) is 8.93. The number of carbonyl (C=O) groups excluding carboxylic acids is 1. The van der Waals surface area contributed by atoms with E-state index in [1.807, 2.05) is 13.8 Å². The molecule has 0 spiro atoms. The van der Waals surface area contributed by atoms with Gasteiger partial charge in [-0.15, -0.1) is 0 Å². The van der Waals surface area contributed by atoms with E-state index >= 15 is 0 Å². The second-order valence-corrected chi connectivity index (χ2v) is 12.4. The van der Waals surface area contributed by atoms with Gasteiger partial charge in [-0.1, -0.05) is 13.8 Å². The van der Waals surface area contributed by atoms with Crippen molar-refractivity contribution in [2.75, 3.05) is 0 Å². The molecule has 4 aliphatic rings. The largest absolute Gasteiger partial charge is 0.390 e. The van der Waals surface area contributed by atoms with Gasteiger partial charge < -0.3 is 5.11 Å². The fraction of sp³-hybridized carbons (Fsp3) is 0.815. The molecule has 1 heterocycles. The Labute approximate surface area is 192 Å². The predicted octanol–water partition coefficient (Wildman–Crippen LogP) is 5.29. The van der Waals surface area contributed by atoms with E-state index in [1.54, 1.807) is 17.1 Å². The maximum atomic E-state index is 13.7. The number of carbonyl (C=O) groups is 1. The van der Waals surface area contributed by atoms with Crippen LogP contribution in [0.25, 0.3) is 0 Å². The molecule has 4 fully saturated rings. The smallest absolute Gasteiger partial charge is 0.160 e. The number of ketones is 1. The number of aliphatic hydroxyl groups is 1. The third-order valence-electron chi connectivity index (χ3n) is 10.8. The Morgan fingerprint density at radius 3 is 2.59 bits per heavy atom. The summed E-state index contributed by atoms with van der Waals surface area (Å²) in [5, 5.41) is 24.1. The molecule has 5 nitrogen and oxygen atoms in total. The fourth-order valence-electron chi connectivity index (χ4n) is 8.93. The number of nitriles is 1. The van der Waals surface area contributed by atoms with E-state index in [9.17, 15) is 9.90 Å². The van der Waals surface area contributed by atoms with Gasteiger partial charge in [0.05, 0.1) is 17.4 Å². The van der Waals surface area contributed by atoms with Crippen molar-refractivity contribution in [2.45, 2.75) is 97.1 Å². The first kappa shape index (κ1) is 22.1. The molecule has 0 amide bonds. The Morgan fingerprint density at radius 2 is 1.88 bits per heavy atom. The van der Waals surface area contributed by atoms with Crippen LogP contribution >= 0.6 is 0 Å². The maximum Gasteiger partial charge on any atom is 0.160 e. The lowest BCUT2D eigenvalue weighted by atomic mass is 9.44. The number of rotatable bonds is 3. The number of hydrogen-bond acceptors (Lipinski definition) is 4. The molecule has 0 saturated heterocycles. The third kappa shape index (κ3) is 3.20. The quantitative estimate of drug-likeness (QED) is 0.696. The van der Waals surface area contributed by atoms with Crippen LogP contribution in [-0.4, -0.2) is 26.3 Å². The zero-order chi connectivity index (χ0) is 22.9. The van der Waals surface area contributed by atoms with E-state index in [2.05, 4.69) is 25.0 Å². The van der Waals surface area contributed by atoms with Gasteiger partial charge in [0, 0.05) is 12.1 Å². The number of Topliss-reactive ketones (excluding diaryl/α,β-unsaturated/α-hetero) is 1. The number of hydrogen-bond donors (Lipinski definition) is 1. The Morgan fingerprint density at radius 1 is 1.12 bits per heavy atom. The van der Waals surface area contributed by atoms with Crippen molar-refractivity contribution in [3.8, 4) is 6.07 Å². The topological polar surface area (TPSA) is 78.9 Å². The minimum absolute atomic E-state index is 0.0844. The summed E-state index contributed by atoms with van der Waals surface area (Å²) >= 11 is 0. The molecule has 0 aromatic carbocycles. The van der Waals surface area contributed by atoms with Crippen LogP contribution in [0.5, 0.6) is 0 Å². The molecule has 0 radical (unpaired) electrons. The van der Waals surface area contributed by atoms with Crippen LogP contribution in [-0.2, 0) is 4.79 Å². The average molecular weight is 438 g/mol. The van der Waals surface area contributed by atoms with E-state index in [0.717, 1.165) is 43.9 Å². The first-order valence-corrected chi connectivity index (χ1v) is 12.8. The molecule has 1 aromatic rings. The zero-order valence-electron chi connectivity index (χ0n) is 20.2. The Hall–Kier alpha value is -1.67. The minimum Gasteiger partial charge on any atom is -0.390 e. The highest BCUT2D eigenvalue weighted by Gasteiger charge is 2.62. The van der Waals surface area contributed by atoms with Crippen molar-refractivity contribution >= 4 is 5.78 Å². The van der Waals surface area contributed by atoms with Crippen molar-refractivity contribution in [2.24, 2.45) is 40.4 Å². The Balaban J connectivity index is 1.36. The summed E-state index contributed by atoms with van der Waals surface area (Å²) in [6.07, 6.45) is 13.3. The lowest BCUT2D eigenvalue weighted by Crippen LogP contribution is -2.55. The predicted molar refractivity (Wildman–Crippen MR) is 123 cm³/mol. The molecule has 1 aromatic heterocycles. The van der Waals surface area contributed by atoms with E-state index in [-0.39, 0.29) is 17.4 Å². The van der Waals surface area contributed by atoms with E-state index in [4.69, 9.17) is 5.26 Å². The number of nitrogens with zero attached hydrogens (tertiary/aromatic N) is 3. The van der Waals surface area contributed by atoms with Crippen molar-refractivity contribution in [1.29, 1.82) is 5.26 Å². The molecule has 5 rings (SSSR count). The number of aromatic nitrogens is 2. The van der Waals surface area contributed by atoms with Gasteiger partial charge in [0.15, 0.2) is 5.78 Å². The lowest BCUT2D eigenvalue weighted by Gasteiger charge is -2.61. The van der Waals surface area contributed by atoms with Gasteiger partial charge in [-0.05, 0) is 106 Å². The highest BCUT2D eigenvalue weighted by molar-refractivity contribution is 5.85. The molecule has 9 atom stereocenters. The van der Waals surface area contributed by atoms with Crippen molar-refractivity contribution in [1.82, 2.24) is 9.78 Å². The van der Waals surface area contributed by atoms with E-state index in [1.165, 1.54) is 25.7 Å². The van der Waals surface area contributed by atoms with Gasteiger partial charge in [-0.3, -0.25) is 9.48 Å². The highest BCUT2D eigenvalue weighted by Crippen LogP contribution is 2.68. The van der Waals surface area contributed by atoms with E-state index in [0.29, 0.717) is 28.6 Å². The first-order valence-electron chi connectivity index (χ1n) is 12.8. The molecule has 0 aliphatic heterocycles. The molecule has 4 saturated carbocycles. The van der Waals surface area contributed by atoms with Gasteiger partial charge in [0.1, 0.15) is 12.1 Å². The summed E-state index contributed by atoms with van der Waals surface area (Å²) in [6.45, 7) is 8.90. The van der Waals surface area contributed by atoms with Gasteiger partial charge in [-0.25, -0.2) is 0 Å². The lowest BCUT2D eigenvalue weighted by molar-refractivity contribution is -0.151. The maximum absolute atomic E-state index is 13.7. The Bertz CT molecular complexity index is 945. The molecular weight excluding hydrogens is 398 g/mol. The van der Waals surface area contributed by atoms with Crippen LogP contribution in [0, 0.1) is 51.8 Å². The molecule has 5 heteroatoms. The highest BCUT2D eigenvalue weighted by atomic mass is 16.3. The van der Waals surface area contributed by atoms with Crippen molar-refractivity contribution in [3.63, 3.8) is 0 Å². The van der Waals surface area contributed by atoms with Crippen LogP contribution in [0.15, 0.2) is 12.4 Å². The van der Waals surface area contributed by atoms with Crippen LogP contribution in [0.4, 0.5) is 0 Å². The third-order valence-corrected chi connectivity index (χ3v) is 10.8. The van der Waals surface area contributed by atoms with Crippen LogP contribution in [0.1, 0.15) is 97.1 Å². The van der Waals surface area contributed by atoms with Gasteiger partial charge in [0.25, 0.3) is 0 Å². The van der Waals surface area contributed by atoms with Crippen LogP contribution < -0.4 is 0 Å². The summed E-state index contributed by atoms with van der Waals surface area (Å²) < 4.78 is 1.68. The second kappa shape index (κ2) is 7.42. The summed E-state index contributed by atoms with van der Waals surface area (Å²) in [5.74, 6) is 3.14.